The molecule has 0 saturated heterocycles. The summed E-state index contributed by atoms with van der Waals surface area (Å²) in [6.45, 7) is 7.64. The van der Waals surface area contributed by atoms with Crippen LogP contribution in [0.5, 0.6) is 5.75 Å². The Morgan fingerprint density at radius 1 is 0.686 bits per heavy atom. The van der Waals surface area contributed by atoms with Crippen molar-refractivity contribution in [2.45, 2.75) is 132 Å². The molecule has 0 fully saturated rings. The molecule has 0 aromatic heterocycles. The molecule has 70 heavy (non-hydrogen) atoms. The van der Waals surface area contributed by atoms with Gasteiger partial charge >= 0.3 is 59.7 Å². The van der Waals surface area contributed by atoms with Gasteiger partial charge < -0.3 is 18.6 Å². The van der Waals surface area contributed by atoms with Gasteiger partial charge in [-0.05, 0) is 72.6 Å². The third kappa shape index (κ3) is 13.2. The van der Waals surface area contributed by atoms with Crippen LogP contribution in [-0.2, 0) is 18.7 Å². The molecule has 2 rings (SSSR count). The first-order chi connectivity index (χ1) is 31.8. The topological polar surface area (TPSA) is 83.1 Å². The minimum absolute atomic E-state index is 0.0685. The molecule has 1 N–H and O–H groups in total. The van der Waals surface area contributed by atoms with E-state index in [4.69, 9.17) is 18.6 Å². The Morgan fingerprint density at radius 3 is 1.71 bits per heavy atom. The SMILES string of the molecule is CCOC(=O)/C=C/C=C/CC[C@H](C)[C@@H](OC(=O)Nc1ccc(F)cc1F)c1ccc(OCCO[Si](CCC(F)(F)C(F)(F)C(F)(F)C(F)(F)C(F)(F)C(F)(F)C(F)(F)C(F)(F)F)(C(C)C)C(C)C)cc1. The number of amides is 1. The molecule has 27 heteroatoms. The van der Waals surface area contributed by atoms with E-state index < -0.39 is 134 Å². The van der Waals surface area contributed by atoms with Crippen LogP contribution >= 0.6 is 0 Å². The molecule has 2 aromatic rings. The summed E-state index contributed by atoms with van der Waals surface area (Å²) < 4.78 is 286. The van der Waals surface area contributed by atoms with Crippen LogP contribution in [-0.4, -0.2) is 87.8 Å². The number of hydrogen-bond acceptors (Lipinski definition) is 6. The number of carbonyl (C=O) groups is 2. The lowest BCUT2D eigenvalue weighted by Gasteiger charge is -2.44. The van der Waals surface area contributed by atoms with Gasteiger partial charge in [0.2, 0.25) is 0 Å². The Morgan fingerprint density at radius 2 is 1.21 bits per heavy atom. The maximum absolute atomic E-state index is 15.0. The van der Waals surface area contributed by atoms with E-state index in [2.05, 4.69) is 5.32 Å². The van der Waals surface area contributed by atoms with Crippen molar-refractivity contribution in [1.29, 1.82) is 0 Å². The number of benzene rings is 2. The highest BCUT2D eigenvalue weighted by Gasteiger charge is 2.95. The van der Waals surface area contributed by atoms with Crippen LogP contribution in [0.15, 0.2) is 66.8 Å². The second-order valence-electron chi connectivity index (χ2n) is 16.3. The van der Waals surface area contributed by atoms with Gasteiger partial charge in [-0.2, -0.15) is 74.6 Å². The predicted molar refractivity (Wildman–Crippen MR) is 216 cm³/mol. The molecule has 0 aliphatic rings. The lowest BCUT2D eigenvalue weighted by molar-refractivity contribution is -0.461. The summed E-state index contributed by atoms with van der Waals surface area (Å²) in [6.07, 6.45) is -5.97. The molecule has 2 atom stereocenters. The number of allylic oxidation sites excluding steroid dienone is 3. The van der Waals surface area contributed by atoms with E-state index in [9.17, 15) is 84.2 Å². The summed E-state index contributed by atoms with van der Waals surface area (Å²) >= 11 is 0. The van der Waals surface area contributed by atoms with Gasteiger partial charge in [0.1, 0.15) is 30.1 Å². The van der Waals surface area contributed by atoms with Crippen molar-refractivity contribution in [1.82, 2.24) is 0 Å². The second-order valence-corrected chi connectivity index (χ2v) is 21.4. The summed E-state index contributed by atoms with van der Waals surface area (Å²) in [5, 5.41) is 2.17. The highest BCUT2D eigenvalue weighted by molar-refractivity contribution is 6.76. The van der Waals surface area contributed by atoms with Crippen molar-refractivity contribution in [2.24, 2.45) is 5.92 Å². The number of rotatable bonds is 26. The van der Waals surface area contributed by atoms with Gasteiger partial charge in [-0.3, -0.25) is 5.32 Å². The minimum atomic E-state index is -8.72. The fourth-order valence-corrected chi connectivity index (χ4v) is 11.3. The zero-order valence-electron chi connectivity index (χ0n) is 37.7. The zero-order chi connectivity index (χ0) is 54.1. The van der Waals surface area contributed by atoms with Gasteiger partial charge in [0.15, 0.2) is 8.32 Å². The zero-order valence-corrected chi connectivity index (χ0v) is 38.7. The molecule has 0 heterocycles. The molecule has 0 bridgehead atoms. The lowest BCUT2D eigenvalue weighted by Crippen LogP contribution is -2.74. The van der Waals surface area contributed by atoms with E-state index in [0.29, 0.717) is 24.5 Å². The first-order valence-corrected chi connectivity index (χ1v) is 23.1. The monoisotopic (exact) mass is 1060 g/mol. The van der Waals surface area contributed by atoms with Crippen molar-refractivity contribution in [3.05, 3.63) is 84.0 Å². The van der Waals surface area contributed by atoms with Crippen LogP contribution in [0.2, 0.25) is 17.1 Å². The molecular weight excluding hydrogens is 1020 g/mol. The largest absolute Gasteiger partial charge is 0.491 e. The average Bonchev–Trinajstić information content (AvgIpc) is 3.24. The van der Waals surface area contributed by atoms with Gasteiger partial charge in [-0.1, -0.05) is 65.0 Å². The lowest BCUT2D eigenvalue weighted by atomic mass is 9.88. The molecule has 7 nitrogen and oxygen atoms in total. The molecule has 0 saturated carbocycles. The fourth-order valence-electron chi connectivity index (χ4n) is 6.87. The van der Waals surface area contributed by atoms with E-state index in [0.717, 1.165) is 12.1 Å². The Labute approximate surface area is 389 Å². The van der Waals surface area contributed by atoms with Crippen LogP contribution in [0, 0.1) is 17.6 Å². The van der Waals surface area contributed by atoms with Gasteiger partial charge in [-0.25, -0.2) is 18.4 Å². The third-order valence-electron chi connectivity index (χ3n) is 11.0. The van der Waals surface area contributed by atoms with Crippen molar-refractivity contribution in [3.63, 3.8) is 0 Å². The summed E-state index contributed by atoms with van der Waals surface area (Å²) in [7, 11) is -4.05. The number of ether oxygens (including phenoxy) is 3. The molecule has 0 unspecified atom stereocenters. The molecule has 2 aromatic carbocycles. The van der Waals surface area contributed by atoms with Gasteiger partial charge in [0, 0.05) is 18.6 Å². The van der Waals surface area contributed by atoms with Crippen molar-refractivity contribution >= 4 is 26.1 Å². The molecule has 0 aliphatic carbocycles. The van der Waals surface area contributed by atoms with E-state index >= 15 is 8.78 Å². The summed E-state index contributed by atoms with van der Waals surface area (Å²) in [4.78, 5) is 24.4. The van der Waals surface area contributed by atoms with Gasteiger partial charge in [0.25, 0.3) is 0 Å². The molecular formula is C43H48F19NO6Si. The standard InChI is InChI=1S/C43H48F19NO6Si/c1-7-66-33(64)13-11-9-8-10-12-27(6)34(69-35(65)63-32-19-16-29(44)24-31(32)45)28-14-17-30(18-15-28)67-21-22-68-70(25(2)3,26(4)5)23-20-36(46,47)37(48,49)38(50,51)39(52,53)40(54,55)41(56,57)42(58,59)43(60,61)62/h8-9,11,13-19,24-27,34H,7,10,12,20-23H2,1-6H3,(H,63,65)/b9-8+,13-11+/t27-,34+/m0/s1. The summed E-state index contributed by atoms with van der Waals surface area (Å²) in [5.74, 6) is -60.0. The van der Waals surface area contributed by atoms with Crippen LogP contribution < -0.4 is 10.1 Å². The van der Waals surface area contributed by atoms with E-state index in [1.165, 1.54) is 64.1 Å². The highest BCUT2D eigenvalue weighted by Crippen LogP contribution is 2.64. The predicted octanol–water partition coefficient (Wildman–Crippen LogP) is 14.9. The van der Waals surface area contributed by atoms with E-state index in [1.807, 2.05) is 0 Å². The number of halogens is 19. The molecule has 0 radical (unpaired) electrons. The Balaban J connectivity index is 2.30. The number of anilines is 1. The Hall–Kier alpha value is -4.69. The second kappa shape index (κ2) is 23.2. The number of esters is 1. The van der Waals surface area contributed by atoms with Gasteiger partial charge in [0.05, 0.1) is 18.9 Å². The highest BCUT2D eigenvalue weighted by atomic mass is 28.4. The van der Waals surface area contributed by atoms with Crippen molar-refractivity contribution in [2.75, 3.05) is 25.1 Å². The minimum Gasteiger partial charge on any atom is -0.491 e. The van der Waals surface area contributed by atoms with Crippen molar-refractivity contribution in [3.8, 4) is 5.75 Å². The average molecular weight is 1060 g/mol. The van der Waals surface area contributed by atoms with Crippen LogP contribution in [0.1, 0.15) is 72.5 Å². The van der Waals surface area contributed by atoms with E-state index in [1.54, 1.807) is 26.0 Å². The molecule has 0 aliphatic heterocycles. The van der Waals surface area contributed by atoms with Gasteiger partial charge in [-0.15, -0.1) is 0 Å². The normalized spacial score (nSPS) is 15.0. The number of nitrogens with one attached hydrogen (secondary N) is 1. The first kappa shape index (κ1) is 61.4. The van der Waals surface area contributed by atoms with E-state index in [-0.39, 0.29) is 12.4 Å². The number of hydrogen-bond donors (Lipinski definition) is 1. The molecule has 0 spiro atoms. The molecule has 1 amide bonds. The first-order valence-electron chi connectivity index (χ1n) is 20.8. The Kier molecular flexibility index (Phi) is 20.4. The maximum atomic E-state index is 15.0. The van der Waals surface area contributed by atoms with Crippen molar-refractivity contribution < 1.29 is 112 Å². The van der Waals surface area contributed by atoms with Crippen LogP contribution in [0.25, 0.3) is 0 Å². The third-order valence-corrected chi connectivity index (χ3v) is 16.7. The quantitative estimate of drug-likeness (QED) is 0.0252. The maximum Gasteiger partial charge on any atom is 0.460 e. The smallest absolute Gasteiger partial charge is 0.460 e. The summed E-state index contributed by atoms with van der Waals surface area (Å²) in [6, 6.07) is 6.57. The van der Waals surface area contributed by atoms with Crippen LogP contribution in [0.4, 0.5) is 93.9 Å². The fraction of sp³-hybridized carbons (Fsp3) is 0.581. The molecule has 398 valence electrons. The number of carbonyl (C=O) groups excluding carboxylic acids is 2. The Bertz CT molecular complexity index is 2090. The van der Waals surface area contributed by atoms with Crippen LogP contribution in [0.3, 0.4) is 0 Å². The summed E-state index contributed by atoms with van der Waals surface area (Å²) in [5.41, 5.74) is -1.90. The number of alkyl halides is 17.